The van der Waals surface area contributed by atoms with Crippen molar-refractivity contribution in [2.24, 2.45) is 5.92 Å². The Labute approximate surface area is 216 Å². The van der Waals surface area contributed by atoms with Crippen LogP contribution < -0.4 is 0 Å². The Morgan fingerprint density at radius 3 is 2.38 bits per heavy atom. The van der Waals surface area contributed by atoms with E-state index in [-0.39, 0.29) is 11.2 Å². The van der Waals surface area contributed by atoms with Crippen LogP contribution in [0.2, 0.25) is 0 Å². The first-order valence-corrected chi connectivity index (χ1v) is 12.9. The molecule has 4 aromatic carbocycles. The quantitative estimate of drug-likeness (QED) is 0.264. The number of fused-ring (bicyclic) bond motifs is 2. The van der Waals surface area contributed by atoms with Crippen LogP contribution in [0.15, 0.2) is 110 Å². The minimum absolute atomic E-state index is 0.0370. The summed E-state index contributed by atoms with van der Waals surface area (Å²) in [6.07, 6.45) is 1.93. The molecule has 5 aromatic rings. The molecule has 1 aliphatic carbocycles. The molecule has 1 aliphatic heterocycles. The second-order valence-electron chi connectivity index (χ2n) is 10.5. The summed E-state index contributed by atoms with van der Waals surface area (Å²) < 4.78 is 15.4. The van der Waals surface area contributed by atoms with E-state index in [9.17, 15) is 4.39 Å². The number of hydrogen-bond acceptors (Lipinski definition) is 2. The molecule has 3 nitrogen and oxygen atoms in total. The Balaban J connectivity index is 1.31. The number of nitrogens with zero attached hydrogens (tertiary/aromatic N) is 3. The molecule has 1 aromatic heterocycles. The molecule has 0 spiro atoms. The molecule has 1 saturated heterocycles. The zero-order valence-electron chi connectivity index (χ0n) is 20.8. The third-order valence-electron chi connectivity index (χ3n) is 8.51. The van der Waals surface area contributed by atoms with Crippen molar-refractivity contribution in [3.63, 3.8) is 0 Å². The highest BCUT2D eigenvalue weighted by Gasteiger charge is 2.70. The number of benzene rings is 4. The highest BCUT2D eigenvalue weighted by molar-refractivity contribution is 5.83. The van der Waals surface area contributed by atoms with E-state index in [1.54, 1.807) is 12.1 Å². The monoisotopic (exact) mass is 485 g/mol. The van der Waals surface area contributed by atoms with E-state index in [4.69, 9.17) is 0 Å². The Bertz CT molecular complexity index is 1620. The summed E-state index contributed by atoms with van der Waals surface area (Å²) in [6, 6.07) is 32.6. The predicted octanol–water partition coefficient (Wildman–Crippen LogP) is 7.11. The first kappa shape index (κ1) is 22.1. The van der Waals surface area contributed by atoms with Gasteiger partial charge in [0.2, 0.25) is 0 Å². The highest BCUT2D eigenvalue weighted by Crippen LogP contribution is 2.70. The van der Waals surface area contributed by atoms with Crippen LogP contribution in [0.5, 0.6) is 0 Å². The number of likely N-dealkylation sites (tertiary alicyclic amines) is 1. The highest BCUT2D eigenvalue weighted by atomic mass is 19.1. The van der Waals surface area contributed by atoms with E-state index < -0.39 is 0 Å². The summed E-state index contributed by atoms with van der Waals surface area (Å²) in [5.41, 5.74) is 8.31. The molecule has 0 amide bonds. The van der Waals surface area contributed by atoms with E-state index in [1.807, 2.05) is 10.9 Å². The van der Waals surface area contributed by atoms with Crippen molar-refractivity contribution in [3.05, 3.63) is 138 Å². The first-order chi connectivity index (χ1) is 18.1. The van der Waals surface area contributed by atoms with Gasteiger partial charge >= 0.3 is 0 Å². The fraction of sp³-hybridized carbons (Fsp3) is 0.182. The molecule has 37 heavy (non-hydrogen) atoms. The van der Waals surface area contributed by atoms with Crippen molar-refractivity contribution in [1.82, 2.24) is 14.7 Å². The van der Waals surface area contributed by atoms with Gasteiger partial charge in [-0.1, -0.05) is 67.2 Å². The Morgan fingerprint density at radius 1 is 0.946 bits per heavy atom. The lowest BCUT2D eigenvalue weighted by molar-refractivity contribution is 0.412. The molecule has 2 aliphatic rings. The van der Waals surface area contributed by atoms with Gasteiger partial charge in [-0.05, 0) is 71.5 Å². The largest absolute Gasteiger partial charge is 0.370 e. The molecule has 0 unspecified atom stereocenters. The first-order valence-electron chi connectivity index (χ1n) is 12.9. The standard InChI is InChI=1S/C33H28FN3/c1-22-17-31-26(19-35-37(31)28-15-13-27(34)14-16-28)18-29(22)33-21-36(23(2)24-9-5-3-6-10-24)20-30(33)32(33)25-11-7-4-8-12-25/h3-19,30,32H,2,20-21H2,1H3/t30-,32-,33+/m0/s1. The lowest BCUT2D eigenvalue weighted by Crippen LogP contribution is -2.28. The van der Waals surface area contributed by atoms with Gasteiger partial charge in [0.05, 0.1) is 17.4 Å². The number of aryl methyl sites for hydroxylation is 1. The second-order valence-corrected chi connectivity index (χ2v) is 10.5. The summed E-state index contributed by atoms with van der Waals surface area (Å²) >= 11 is 0. The molecule has 7 rings (SSSR count). The van der Waals surface area contributed by atoms with Crippen LogP contribution in [-0.2, 0) is 5.41 Å². The van der Waals surface area contributed by atoms with Crippen molar-refractivity contribution in [3.8, 4) is 5.69 Å². The van der Waals surface area contributed by atoms with Gasteiger partial charge in [-0.2, -0.15) is 5.10 Å². The molecule has 0 radical (unpaired) electrons. The van der Waals surface area contributed by atoms with Gasteiger partial charge in [-0.15, -0.1) is 0 Å². The lowest BCUT2D eigenvalue weighted by Gasteiger charge is -2.29. The third-order valence-corrected chi connectivity index (χ3v) is 8.51. The molecule has 2 heterocycles. The number of rotatable bonds is 5. The average molecular weight is 486 g/mol. The molecule has 1 saturated carbocycles. The summed E-state index contributed by atoms with van der Waals surface area (Å²) in [7, 11) is 0. The van der Waals surface area contributed by atoms with Gasteiger partial charge in [0.25, 0.3) is 0 Å². The van der Waals surface area contributed by atoms with E-state index in [0.29, 0.717) is 11.8 Å². The predicted molar refractivity (Wildman–Crippen MR) is 147 cm³/mol. The summed E-state index contributed by atoms with van der Waals surface area (Å²) in [5.74, 6) is 0.767. The smallest absolute Gasteiger partial charge is 0.123 e. The fourth-order valence-corrected chi connectivity index (χ4v) is 6.75. The van der Waals surface area contributed by atoms with Crippen molar-refractivity contribution in [2.75, 3.05) is 13.1 Å². The molecule has 0 bridgehead atoms. The van der Waals surface area contributed by atoms with Crippen LogP contribution in [-0.4, -0.2) is 27.8 Å². The molecule has 3 atom stereocenters. The SMILES string of the molecule is C=C(c1ccccc1)N1C[C@H]2[C@H](c3ccccc3)[C@@]2(c2cc3cnn(-c4ccc(F)cc4)c3cc2C)C1. The van der Waals surface area contributed by atoms with Gasteiger partial charge < -0.3 is 4.90 Å². The molecule has 182 valence electrons. The topological polar surface area (TPSA) is 21.1 Å². The average Bonchev–Trinajstić information content (AvgIpc) is 3.19. The fourth-order valence-electron chi connectivity index (χ4n) is 6.75. The van der Waals surface area contributed by atoms with Crippen molar-refractivity contribution in [1.29, 1.82) is 0 Å². The van der Waals surface area contributed by atoms with Gasteiger partial charge in [0.15, 0.2) is 0 Å². The van der Waals surface area contributed by atoms with E-state index in [1.165, 1.54) is 34.4 Å². The minimum atomic E-state index is -0.243. The molecular formula is C33H28FN3. The van der Waals surface area contributed by atoms with Crippen LogP contribution >= 0.6 is 0 Å². The summed E-state index contributed by atoms with van der Waals surface area (Å²) in [5, 5.41) is 5.78. The Hall–Kier alpha value is -4.18. The van der Waals surface area contributed by atoms with Crippen molar-refractivity contribution >= 4 is 16.6 Å². The molecule has 0 N–H and O–H groups in total. The zero-order valence-corrected chi connectivity index (χ0v) is 20.8. The van der Waals surface area contributed by atoms with Gasteiger partial charge in [-0.25, -0.2) is 9.07 Å². The van der Waals surface area contributed by atoms with Crippen LogP contribution in [0.4, 0.5) is 4.39 Å². The maximum absolute atomic E-state index is 13.5. The number of halogens is 1. The molecule has 4 heteroatoms. The number of piperidine rings is 1. The maximum Gasteiger partial charge on any atom is 0.123 e. The van der Waals surface area contributed by atoms with Crippen LogP contribution in [0.3, 0.4) is 0 Å². The third kappa shape index (κ3) is 3.36. The zero-order chi connectivity index (χ0) is 25.1. The maximum atomic E-state index is 13.5. The van der Waals surface area contributed by atoms with Gasteiger partial charge in [0, 0.05) is 35.5 Å². The second kappa shape index (κ2) is 8.17. The minimum Gasteiger partial charge on any atom is -0.370 e. The Kier molecular flexibility index (Phi) is 4.87. The van der Waals surface area contributed by atoms with Crippen molar-refractivity contribution < 1.29 is 4.39 Å². The number of aromatic nitrogens is 2. The Morgan fingerprint density at radius 2 is 1.65 bits per heavy atom. The normalized spacial score (nSPS) is 22.3. The van der Waals surface area contributed by atoms with E-state index in [0.717, 1.165) is 35.4 Å². The summed E-state index contributed by atoms with van der Waals surface area (Å²) in [6.45, 7) is 8.65. The van der Waals surface area contributed by atoms with Gasteiger partial charge in [0.1, 0.15) is 5.82 Å². The summed E-state index contributed by atoms with van der Waals surface area (Å²) in [4.78, 5) is 2.48. The van der Waals surface area contributed by atoms with Crippen LogP contribution in [0, 0.1) is 18.7 Å². The van der Waals surface area contributed by atoms with Crippen LogP contribution in [0.1, 0.15) is 28.2 Å². The van der Waals surface area contributed by atoms with E-state index in [2.05, 4.69) is 96.3 Å². The molecular weight excluding hydrogens is 457 g/mol. The van der Waals surface area contributed by atoms with Gasteiger partial charge in [-0.3, -0.25) is 0 Å². The molecule has 2 fully saturated rings. The van der Waals surface area contributed by atoms with Crippen molar-refractivity contribution in [2.45, 2.75) is 18.3 Å². The van der Waals surface area contributed by atoms with E-state index >= 15 is 0 Å². The van der Waals surface area contributed by atoms with Crippen LogP contribution in [0.25, 0.3) is 22.3 Å². The number of hydrogen-bond donors (Lipinski definition) is 0. The lowest BCUT2D eigenvalue weighted by atomic mass is 9.86.